The zero-order valence-electron chi connectivity index (χ0n) is 12.2. The number of hydrazone groups is 1. The van der Waals surface area contributed by atoms with Crippen molar-refractivity contribution < 1.29 is 0 Å². The summed E-state index contributed by atoms with van der Waals surface area (Å²) in [6, 6.07) is 8.40. The average molecular weight is 325 g/mol. The summed E-state index contributed by atoms with van der Waals surface area (Å²) in [7, 11) is 1.78. The van der Waals surface area contributed by atoms with Crippen LogP contribution < -0.4 is 10.7 Å². The number of piperidine rings is 1. The topological polar surface area (TPSA) is 39.7 Å². The molecular weight excluding hydrogens is 304 g/mol. The molecule has 0 aliphatic carbocycles. The summed E-state index contributed by atoms with van der Waals surface area (Å²) in [4.78, 5) is 2.44. The van der Waals surface area contributed by atoms with Gasteiger partial charge in [-0.25, -0.2) is 0 Å². The summed E-state index contributed by atoms with van der Waals surface area (Å²) in [5.74, 6) is 0. The molecule has 1 aliphatic rings. The highest BCUT2D eigenvalue weighted by Gasteiger charge is 2.20. The van der Waals surface area contributed by atoms with Crippen LogP contribution in [-0.2, 0) is 6.54 Å². The first-order valence-corrected chi connectivity index (χ1v) is 7.97. The van der Waals surface area contributed by atoms with Crippen LogP contribution in [0, 0.1) is 0 Å². The fraction of sp³-hybridized carbons (Fsp3) is 0.467. The highest BCUT2D eigenvalue weighted by molar-refractivity contribution is 7.80. The fourth-order valence-electron chi connectivity index (χ4n) is 2.44. The number of nitrogens with one attached hydrogen (secondary N) is 2. The maximum Gasteiger partial charge on any atom is 0.186 e. The van der Waals surface area contributed by atoms with Crippen molar-refractivity contribution in [3.63, 3.8) is 0 Å². The normalized spacial score (nSPS) is 19.6. The molecule has 21 heavy (non-hydrogen) atoms. The van der Waals surface area contributed by atoms with Crippen LogP contribution in [-0.4, -0.2) is 35.9 Å². The lowest BCUT2D eigenvalue weighted by Gasteiger charge is -2.33. The van der Waals surface area contributed by atoms with E-state index in [9.17, 15) is 0 Å². The van der Waals surface area contributed by atoms with Crippen molar-refractivity contribution in [2.45, 2.75) is 31.8 Å². The minimum absolute atomic E-state index is 0.349. The van der Waals surface area contributed by atoms with Crippen LogP contribution in [0.2, 0.25) is 5.02 Å². The highest BCUT2D eigenvalue weighted by Crippen LogP contribution is 2.19. The van der Waals surface area contributed by atoms with E-state index < -0.39 is 0 Å². The molecule has 0 spiro atoms. The lowest BCUT2D eigenvalue weighted by Crippen LogP contribution is -2.40. The summed E-state index contributed by atoms with van der Waals surface area (Å²) in [6.45, 7) is 2.01. The lowest BCUT2D eigenvalue weighted by atomic mass is 10.0. The minimum atomic E-state index is 0.349. The van der Waals surface area contributed by atoms with Gasteiger partial charge in [0, 0.05) is 30.9 Å². The number of halogens is 1. The van der Waals surface area contributed by atoms with Gasteiger partial charge in [0.1, 0.15) is 0 Å². The van der Waals surface area contributed by atoms with E-state index in [1.807, 2.05) is 18.3 Å². The molecule has 0 aromatic heterocycles. The number of thiocarbonyl (C=S) groups is 1. The van der Waals surface area contributed by atoms with E-state index in [1.54, 1.807) is 7.05 Å². The van der Waals surface area contributed by atoms with Crippen LogP contribution in [0.3, 0.4) is 0 Å². The molecule has 4 nitrogen and oxygen atoms in total. The fourth-order valence-corrected chi connectivity index (χ4v) is 2.62. The third kappa shape index (κ3) is 5.26. The van der Waals surface area contributed by atoms with Gasteiger partial charge in [0.25, 0.3) is 0 Å². The molecule has 0 saturated carbocycles. The molecule has 1 atom stereocenters. The van der Waals surface area contributed by atoms with Gasteiger partial charge >= 0.3 is 0 Å². The summed E-state index contributed by atoms with van der Waals surface area (Å²) in [6.07, 6.45) is 5.56. The number of rotatable bonds is 4. The molecule has 0 radical (unpaired) electrons. The maximum atomic E-state index is 5.93. The summed E-state index contributed by atoms with van der Waals surface area (Å²) >= 11 is 10.9. The predicted octanol–water partition coefficient (Wildman–Crippen LogP) is 2.77. The van der Waals surface area contributed by atoms with E-state index in [2.05, 4.69) is 32.9 Å². The van der Waals surface area contributed by atoms with Gasteiger partial charge in [0.2, 0.25) is 0 Å². The zero-order chi connectivity index (χ0) is 15.1. The van der Waals surface area contributed by atoms with Crippen molar-refractivity contribution in [1.82, 2.24) is 15.6 Å². The van der Waals surface area contributed by atoms with Gasteiger partial charge in [-0.2, -0.15) is 5.10 Å². The van der Waals surface area contributed by atoms with Crippen LogP contribution in [0.15, 0.2) is 29.4 Å². The Bertz CT molecular complexity index is 489. The summed E-state index contributed by atoms with van der Waals surface area (Å²) < 4.78 is 0. The Kier molecular flexibility index (Phi) is 6.42. The second-order valence-electron chi connectivity index (χ2n) is 5.13. The SMILES string of the molecule is CNC(=S)NN=CC1CCCCN1Cc1ccc(Cl)cc1. The van der Waals surface area contributed by atoms with Crippen molar-refractivity contribution in [2.75, 3.05) is 13.6 Å². The zero-order valence-corrected chi connectivity index (χ0v) is 13.8. The van der Waals surface area contributed by atoms with Crippen molar-refractivity contribution in [1.29, 1.82) is 0 Å². The van der Waals surface area contributed by atoms with Crippen molar-refractivity contribution in [2.24, 2.45) is 5.10 Å². The van der Waals surface area contributed by atoms with Crippen LogP contribution in [0.1, 0.15) is 24.8 Å². The number of likely N-dealkylation sites (tertiary alicyclic amines) is 1. The third-order valence-corrected chi connectivity index (χ3v) is 4.15. The van der Waals surface area contributed by atoms with Crippen molar-refractivity contribution in [3.05, 3.63) is 34.9 Å². The molecule has 0 bridgehead atoms. The van der Waals surface area contributed by atoms with E-state index in [1.165, 1.54) is 18.4 Å². The Balaban J connectivity index is 1.95. The molecule has 1 aromatic carbocycles. The second-order valence-corrected chi connectivity index (χ2v) is 5.97. The van der Waals surface area contributed by atoms with Crippen LogP contribution in [0.5, 0.6) is 0 Å². The van der Waals surface area contributed by atoms with Crippen LogP contribution in [0.25, 0.3) is 0 Å². The van der Waals surface area contributed by atoms with Gasteiger partial charge < -0.3 is 5.32 Å². The minimum Gasteiger partial charge on any atom is -0.364 e. The van der Waals surface area contributed by atoms with E-state index in [-0.39, 0.29) is 0 Å². The van der Waals surface area contributed by atoms with E-state index >= 15 is 0 Å². The number of nitrogens with zero attached hydrogens (tertiary/aromatic N) is 2. The first-order chi connectivity index (χ1) is 10.2. The summed E-state index contributed by atoms with van der Waals surface area (Å²) in [5.41, 5.74) is 4.09. The Morgan fingerprint density at radius 3 is 2.90 bits per heavy atom. The van der Waals surface area contributed by atoms with Gasteiger partial charge in [0.05, 0.1) is 0 Å². The van der Waals surface area contributed by atoms with Crippen molar-refractivity contribution >= 4 is 35.1 Å². The Hall–Kier alpha value is -1.17. The summed E-state index contributed by atoms with van der Waals surface area (Å²) in [5, 5.41) is 8.38. The standard InChI is InChI=1S/C15H21ClN4S/c1-17-15(21)19-18-10-14-4-2-3-9-20(14)11-12-5-7-13(16)8-6-12/h5-8,10,14H,2-4,9,11H2,1H3,(H2,17,19,21). The molecule has 1 fully saturated rings. The smallest absolute Gasteiger partial charge is 0.186 e. The van der Waals surface area contributed by atoms with Gasteiger partial charge in [-0.15, -0.1) is 0 Å². The molecule has 2 N–H and O–H groups in total. The largest absolute Gasteiger partial charge is 0.364 e. The molecule has 1 saturated heterocycles. The number of benzene rings is 1. The Morgan fingerprint density at radius 2 is 2.19 bits per heavy atom. The van der Waals surface area contributed by atoms with Crippen LogP contribution >= 0.6 is 23.8 Å². The molecule has 0 amide bonds. The molecule has 1 aromatic rings. The highest BCUT2D eigenvalue weighted by atomic mass is 35.5. The molecule has 2 rings (SSSR count). The number of hydrogen-bond acceptors (Lipinski definition) is 3. The quantitative estimate of drug-likeness (QED) is 0.507. The number of hydrogen-bond donors (Lipinski definition) is 2. The maximum absolute atomic E-state index is 5.93. The molecule has 114 valence electrons. The van der Waals surface area contributed by atoms with Crippen LogP contribution in [0.4, 0.5) is 0 Å². The molecule has 1 unspecified atom stereocenters. The van der Waals surface area contributed by atoms with E-state index in [0.29, 0.717) is 11.2 Å². The second kappa shape index (κ2) is 8.32. The van der Waals surface area contributed by atoms with Gasteiger partial charge in [-0.05, 0) is 49.3 Å². The molecule has 1 heterocycles. The van der Waals surface area contributed by atoms with E-state index in [4.69, 9.17) is 23.8 Å². The Morgan fingerprint density at radius 1 is 1.43 bits per heavy atom. The first kappa shape index (κ1) is 16.2. The van der Waals surface area contributed by atoms with Gasteiger partial charge in [-0.3, -0.25) is 10.3 Å². The van der Waals surface area contributed by atoms with Gasteiger partial charge in [0.15, 0.2) is 5.11 Å². The molecular formula is C15H21ClN4S. The molecule has 6 heteroatoms. The Labute approximate surface area is 136 Å². The first-order valence-electron chi connectivity index (χ1n) is 7.18. The third-order valence-electron chi connectivity index (χ3n) is 3.60. The molecule has 1 aliphatic heterocycles. The lowest BCUT2D eigenvalue weighted by molar-refractivity contribution is 0.186. The van der Waals surface area contributed by atoms with Crippen molar-refractivity contribution in [3.8, 4) is 0 Å². The average Bonchev–Trinajstić information content (AvgIpc) is 2.51. The van der Waals surface area contributed by atoms with Gasteiger partial charge in [-0.1, -0.05) is 30.2 Å². The van der Waals surface area contributed by atoms with E-state index in [0.717, 1.165) is 24.5 Å². The predicted molar refractivity (Wildman–Crippen MR) is 92.8 cm³/mol. The monoisotopic (exact) mass is 324 g/mol.